The Hall–Kier alpha value is -7.69. The average Bonchev–Trinajstić information content (AvgIpc) is 3.26. The molecule has 6 amide bonds. The van der Waals surface area contributed by atoms with Crippen LogP contribution in [0.5, 0.6) is 0 Å². The van der Waals surface area contributed by atoms with Gasteiger partial charge in [-0.15, -0.1) is 0 Å². The zero-order chi connectivity index (χ0) is 48.1. The number of benzene rings is 2. The van der Waals surface area contributed by atoms with Crippen LogP contribution in [-0.2, 0) is 51.3 Å². The van der Waals surface area contributed by atoms with Gasteiger partial charge in [-0.25, -0.2) is 14.4 Å². The number of carboxylic acids is 5. The van der Waals surface area contributed by atoms with Crippen molar-refractivity contribution < 1.29 is 73.5 Å². The van der Waals surface area contributed by atoms with E-state index in [9.17, 15) is 68.4 Å². The molecule has 0 aliphatic rings. The Kier molecular flexibility index (Phi) is 20.7. The number of carbonyl (C=O) groups excluding carboxylic acids is 5. The predicted octanol–water partition coefficient (Wildman–Crippen LogP) is 0.0907. The molecule has 23 nitrogen and oxygen atoms in total. The van der Waals surface area contributed by atoms with Crippen LogP contribution in [0.2, 0.25) is 0 Å². The highest BCUT2D eigenvalue weighted by molar-refractivity contribution is 5.99. The third-order valence-electron chi connectivity index (χ3n) is 9.80. The summed E-state index contributed by atoms with van der Waals surface area (Å²) in [5.74, 6) is -10.4. The first kappa shape index (κ1) is 51.7. The van der Waals surface area contributed by atoms with Crippen LogP contribution in [0.1, 0.15) is 79.4 Å². The van der Waals surface area contributed by atoms with Crippen molar-refractivity contribution >= 4 is 70.3 Å². The molecule has 0 aliphatic heterocycles. The molecule has 0 saturated heterocycles. The van der Waals surface area contributed by atoms with Crippen molar-refractivity contribution in [3.05, 3.63) is 77.6 Å². The number of pyridine rings is 1. The first-order valence-corrected chi connectivity index (χ1v) is 20.4. The minimum Gasteiger partial charge on any atom is -0.481 e. The molecular weight excluding hydrogens is 857 g/mol. The van der Waals surface area contributed by atoms with Crippen LogP contribution in [0.25, 0.3) is 10.8 Å². The Balaban J connectivity index is 1.76. The van der Waals surface area contributed by atoms with Gasteiger partial charge >= 0.3 is 35.9 Å². The third-order valence-corrected chi connectivity index (χ3v) is 9.80. The highest BCUT2D eigenvalue weighted by Crippen LogP contribution is 2.17. The molecule has 350 valence electrons. The molecule has 0 saturated carbocycles. The lowest BCUT2D eigenvalue weighted by molar-refractivity contribution is -0.141. The van der Waals surface area contributed by atoms with E-state index in [-0.39, 0.29) is 44.3 Å². The van der Waals surface area contributed by atoms with E-state index in [2.05, 4.69) is 31.6 Å². The normalized spacial score (nSPS) is 13.1. The zero-order valence-corrected chi connectivity index (χ0v) is 35.0. The average molecular weight is 909 g/mol. The van der Waals surface area contributed by atoms with Gasteiger partial charge in [0.1, 0.15) is 30.2 Å². The topological polar surface area (TPSA) is 383 Å². The molecular formula is C42H52N8O15. The van der Waals surface area contributed by atoms with E-state index in [4.69, 9.17) is 10.8 Å². The van der Waals surface area contributed by atoms with Crippen LogP contribution in [-0.4, -0.2) is 127 Å². The number of fused-ring (bicyclic) bond motifs is 1. The first-order chi connectivity index (χ1) is 30.9. The lowest BCUT2D eigenvalue weighted by atomic mass is 10.00. The molecule has 0 spiro atoms. The van der Waals surface area contributed by atoms with Crippen molar-refractivity contribution in [2.45, 2.75) is 101 Å². The summed E-state index contributed by atoms with van der Waals surface area (Å²) in [5.41, 5.74) is 6.64. The summed E-state index contributed by atoms with van der Waals surface area (Å²) in [5, 5.41) is 62.5. The number of hydrogen-bond acceptors (Lipinski definition) is 12. The summed E-state index contributed by atoms with van der Waals surface area (Å²) in [7, 11) is 0. The number of amides is 6. The number of unbranched alkanes of at least 4 members (excludes halogenated alkanes) is 1. The number of aliphatic carboxylic acids is 5. The fraction of sp³-hybridized carbons (Fsp3) is 0.405. The van der Waals surface area contributed by atoms with Gasteiger partial charge in [-0.3, -0.25) is 38.5 Å². The van der Waals surface area contributed by atoms with Crippen molar-refractivity contribution in [1.29, 1.82) is 0 Å². The van der Waals surface area contributed by atoms with Crippen LogP contribution < -0.4 is 37.6 Å². The minimum atomic E-state index is -1.60. The predicted molar refractivity (Wildman–Crippen MR) is 227 cm³/mol. The number of nitrogens with two attached hydrogens (primary N) is 1. The Labute approximate surface area is 370 Å². The fourth-order valence-electron chi connectivity index (χ4n) is 6.30. The second kappa shape index (κ2) is 26.1. The molecule has 0 bridgehead atoms. The van der Waals surface area contributed by atoms with Gasteiger partial charge in [-0.1, -0.05) is 42.5 Å². The van der Waals surface area contributed by atoms with E-state index in [0.29, 0.717) is 11.3 Å². The molecule has 23 heteroatoms. The summed E-state index contributed by atoms with van der Waals surface area (Å²) in [4.78, 5) is 128. The summed E-state index contributed by atoms with van der Waals surface area (Å²) in [6, 6.07) is 6.85. The number of nitrogens with zero attached hydrogens (tertiary/aromatic N) is 1. The summed E-state index contributed by atoms with van der Waals surface area (Å²) < 4.78 is 0. The Bertz CT molecular complexity index is 2200. The largest absolute Gasteiger partial charge is 0.481 e. The maximum absolute atomic E-state index is 13.9. The van der Waals surface area contributed by atoms with E-state index in [1.165, 1.54) is 18.3 Å². The smallest absolute Gasteiger partial charge is 0.326 e. The monoisotopic (exact) mass is 908 g/mol. The molecule has 0 fully saturated rings. The van der Waals surface area contributed by atoms with Crippen LogP contribution in [0, 0.1) is 0 Å². The van der Waals surface area contributed by atoms with Gasteiger partial charge in [0, 0.05) is 45.0 Å². The Morgan fingerprint density at radius 1 is 0.554 bits per heavy atom. The van der Waals surface area contributed by atoms with E-state index >= 15 is 0 Å². The lowest BCUT2D eigenvalue weighted by Gasteiger charge is -2.25. The highest BCUT2D eigenvalue weighted by Gasteiger charge is 2.31. The molecule has 0 aliphatic carbocycles. The number of urea groups is 1. The minimum absolute atomic E-state index is 0.0150. The van der Waals surface area contributed by atoms with E-state index in [1.54, 1.807) is 24.3 Å². The van der Waals surface area contributed by atoms with Gasteiger partial charge in [-0.05, 0) is 67.0 Å². The number of rotatable bonds is 28. The highest BCUT2D eigenvalue weighted by atomic mass is 16.4. The van der Waals surface area contributed by atoms with Gasteiger partial charge in [-0.2, -0.15) is 0 Å². The fourth-order valence-corrected chi connectivity index (χ4v) is 6.30. The zero-order valence-electron chi connectivity index (χ0n) is 35.0. The maximum Gasteiger partial charge on any atom is 0.326 e. The van der Waals surface area contributed by atoms with Gasteiger partial charge in [0.2, 0.25) is 17.7 Å². The number of carbonyl (C=O) groups is 10. The van der Waals surface area contributed by atoms with Crippen LogP contribution >= 0.6 is 0 Å². The summed E-state index contributed by atoms with van der Waals surface area (Å²) >= 11 is 0. The van der Waals surface area contributed by atoms with Crippen molar-refractivity contribution in [3.63, 3.8) is 0 Å². The molecule has 65 heavy (non-hydrogen) atoms. The molecule has 1 aromatic heterocycles. The molecule has 3 aromatic rings. The molecule has 3 rings (SSSR count). The van der Waals surface area contributed by atoms with Gasteiger partial charge in [0.05, 0.1) is 11.3 Å². The second-order valence-electron chi connectivity index (χ2n) is 14.8. The van der Waals surface area contributed by atoms with Crippen molar-refractivity contribution in [3.8, 4) is 0 Å². The summed E-state index contributed by atoms with van der Waals surface area (Å²) in [6.45, 7) is 0.0274. The molecule has 0 radical (unpaired) electrons. The molecule has 13 N–H and O–H groups in total. The van der Waals surface area contributed by atoms with Crippen LogP contribution in [0.4, 0.5) is 4.79 Å². The van der Waals surface area contributed by atoms with E-state index in [1.807, 2.05) is 23.5 Å². The molecule has 2 aromatic carbocycles. The molecule has 1 heterocycles. The maximum atomic E-state index is 13.9. The molecule has 5 unspecified atom stereocenters. The van der Waals surface area contributed by atoms with Crippen LogP contribution in [0.3, 0.4) is 0 Å². The van der Waals surface area contributed by atoms with Gasteiger partial charge in [0.15, 0.2) is 0 Å². The van der Waals surface area contributed by atoms with Crippen LogP contribution in [0.15, 0.2) is 60.8 Å². The van der Waals surface area contributed by atoms with Gasteiger partial charge in [0.25, 0.3) is 5.91 Å². The quantitative estimate of drug-likeness (QED) is 0.0430. The number of hydrogen-bond donors (Lipinski definition) is 12. The standard InChI is InChI=1S/C42H52N8O15/c43-21-27-11-10-26(22-45-27)36(57)46-28(12-15-33(51)52)38(59)47-29(13-16-34(53)54)39(60)48-32(20-23-8-9-24-5-1-2-6-25(24)19-23)37(58)44-18-4-3-7-30(40(61)62)49-42(65)50-31(41(63)64)14-17-35(55)56/h1-2,5-6,8-11,19,22,28-32H,3-4,7,12-18,20-21,43H2,(H,44,58)(H,46,57)(H,47,59)(H,48,60)(H,51,52)(H,53,54)(H,55,56)(H,61,62)(H,63,64)(H2,49,50,65). The second-order valence-corrected chi connectivity index (χ2v) is 14.8. The van der Waals surface area contributed by atoms with Gasteiger partial charge < -0.3 is 63.2 Å². The Morgan fingerprint density at radius 2 is 1.09 bits per heavy atom. The van der Waals surface area contributed by atoms with Crippen molar-refractivity contribution in [1.82, 2.24) is 36.9 Å². The van der Waals surface area contributed by atoms with Crippen molar-refractivity contribution in [2.24, 2.45) is 5.73 Å². The number of nitrogens with one attached hydrogen (secondary N) is 6. The molecule has 5 atom stereocenters. The summed E-state index contributed by atoms with van der Waals surface area (Å²) in [6.07, 6.45) is -1.91. The Morgan fingerprint density at radius 3 is 1.63 bits per heavy atom. The van der Waals surface area contributed by atoms with E-state index < -0.39 is 128 Å². The SMILES string of the molecule is NCc1ccc(C(=O)NC(CCC(=O)O)C(=O)NC(CCC(=O)O)C(=O)NC(Cc2ccc3ccccc3c2)C(=O)NCCCCC(NC(=O)NC(CCC(=O)O)C(=O)O)C(=O)O)cn1. The number of aromatic nitrogens is 1. The third kappa shape index (κ3) is 18.3. The first-order valence-electron chi connectivity index (χ1n) is 20.4. The van der Waals surface area contributed by atoms with E-state index in [0.717, 1.165) is 10.8 Å². The van der Waals surface area contributed by atoms with Crippen molar-refractivity contribution in [2.75, 3.05) is 6.54 Å². The lowest BCUT2D eigenvalue weighted by Crippen LogP contribution is -2.57. The number of carboxylic acid groups (broad SMARTS) is 5.